The zero-order valence-corrected chi connectivity index (χ0v) is 16.7. The highest BCUT2D eigenvalue weighted by atomic mass is 19.4. The molecule has 0 heterocycles. The van der Waals surface area contributed by atoms with Crippen LogP contribution in [-0.4, -0.2) is 47.4 Å². The van der Waals surface area contributed by atoms with E-state index in [0.717, 1.165) is 19.9 Å². The van der Waals surface area contributed by atoms with Crippen molar-refractivity contribution in [3.63, 3.8) is 0 Å². The predicted molar refractivity (Wildman–Crippen MR) is 83.1 cm³/mol. The van der Waals surface area contributed by atoms with Gasteiger partial charge in [0.2, 0.25) is 0 Å². The molecule has 0 aliphatic carbocycles. The molecule has 0 bridgehead atoms. The molecule has 0 radical (unpaired) electrons. The Morgan fingerprint density at radius 3 is 1.09 bits per heavy atom. The molecule has 0 fully saturated rings. The Labute approximate surface area is 177 Å². The van der Waals surface area contributed by atoms with Gasteiger partial charge in [-0.25, -0.2) is 0 Å². The maximum atomic E-state index is 13.7. The van der Waals surface area contributed by atoms with Gasteiger partial charge in [-0.2, -0.15) is 70.2 Å². The van der Waals surface area contributed by atoms with Crippen molar-refractivity contribution in [2.75, 3.05) is 0 Å². The zero-order chi connectivity index (χ0) is 26.9. The first-order chi connectivity index (χ1) is 14.4. The number of halogens is 16. The van der Waals surface area contributed by atoms with Crippen molar-refractivity contribution in [3.8, 4) is 0 Å². The third-order valence-electron chi connectivity index (χ3n) is 4.60. The molecule has 0 aliphatic heterocycles. The molecule has 0 N–H and O–H groups in total. The Bertz CT molecular complexity index is 677. The summed E-state index contributed by atoms with van der Waals surface area (Å²) < 4.78 is 217. The van der Waals surface area contributed by atoms with E-state index in [1.165, 1.54) is 0 Å². The molecule has 0 aromatic heterocycles. The molecule has 0 aromatic rings. The molecule has 0 aliphatic rings. The van der Waals surface area contributed by atoms with Gasteiger partial charge in [0, 0.05) is 12.8 Å². The number of rotatable bonds is 13. The average molecular weight is 526 g/mol. The van der Waals surface area contributed by atoms with Crippen LogP contribution in [-0.2, 0) is 0 Å². The van der Waals surface area contributed by atoms with Crippen molar-refractivity contribution < 1.29 is 70.2 Å². The summed E-state index contributed by atoms with van der Waals surface area (Å²) in [7, 11) is 0. The standard InChI is InChI=1S/C17H18F16/c1-3-5-7-9-11(20,21)13(24,25)15(28,29)17(32,33)16(30,31)14(26,27)12(22,23)10(18,19)8-6-4-2/h3,5H,4,6-9H2,1-2H3. The quantitative estimate of drug-likeness (QED) is 0.167. The summed E-state index contributed by atoms with van der Waals surface area (Å²) in [4.78, 5) is 0. The van der Waals surface area contributed by atoms with Crippen LogP contribution in [0.5, 0.6) is 0 Å². The second kappa shape index (κ2) is 9.34. The van der Waals surface area contributed by atoms with E-state index in [1.54, 1.807) is 0 Å². The minimum absolute atomic E-state index is 0.420. The topological polar surface area (TPSA) is 0 Å². The minimum atomic E-state index is -8.35. The summed E-state index contributed by atoms with van der Waals surface area (Å²) >= 11 is 0. The number of hydrogen-bond donors (Lipinski definition) is 0. The molecule has 0 spiro atoms. The van der Waals surface area contributed by atoms with Gasteiger partial charge in [0.05, 0.1) is 0 Å². The molecule has 0 aromatic carbocycles. The lowest BCUT2D eigenvalue weighted by Crippen LogP contribution is -2.74. The lowest BCUT2D eigenvalue weighted by molar-refractivity contribution is -0.453. The van der Waals surface area contributed by atoms with Crippen LogP contribution in [0.25, 0.3) is 0 Å². The summed E-state index contributed by atoms with van der Waals surface area (Å²) in [5.41, 5.74) is 0. The largest absolute Gasteiger partial charge is 0.384 e. The lowest BCUT2D eigenvalue weighted by Gasteiger charge is -2.43. The van der Waals surface area contributed by atoms with Crippen molar-refractivity contribution in [3.05, 3.63) is 12.2 Å². The fourth-order valence-electron chi connectivity index (χ4n) is 2.39. The fraction of sp³-hybridized carbons (Fsp3) is 0.882. The maximum absolute atomic E-state index is 13.7. The van der Waals surface area contributed by atoms with Gasteiger partial charge in [0.15, 0.2) is 0 Å². The van der Waals surface area contributed by atoms with Crippen molar-refractivity contribution in [2.45, 2.75) is 93.3 Å². The van der Waals surface area contributed by atoms with Gasteiger partial charge in [-0.1, -0.05) is 25.5 Å². The van der Waals surface area contributed by atoms with Crippen LogP contribution >= 0.6 is 0 Å². The normalized spacial score (nSPS) is 16.1. The first-order valence-corrected chi connectivity index (χ1v) is 9.01. The summed E-state index contributed by atoms with van der Waals surface area (Å²) in [5.74, 6) is -60.3. The van der Waals surface area contributed by atoms with Gasteiger partial charge in [0.25, 0.3) is 0 Å². The molecular weight excluding hydrogens is 508 g/mol. The van der Waals surface area contributed by atoms with Crippen LogP contribution in [0.3, 0.4) is 0 Å². The first-order valence-electron chi connectivity index (χ1n) is 9.01. The van der Waals surface area contributed by atoms with Crippen molar-refractivity contribution >= 4 is 0 Å². The third-order valence-corrected chi connectivity index (χ3v) is 4.60. The summed E-state index contributed by atoms with van der Waals surface area (Å²) in [5, 5.41) is 0. The Morgan fingerprint density at radius 1 is 0.485 bits per heavy atom. The van der Waals surface area contributed by atoms with E-state index < -0.39 is 79.5 Å². The average Bonchev–Trinajstić information content (AvgIpc) is 2.65. The Morgan fingerprint density at radius 2 is 0.788 bits per heavy atom. The second-order valence-corrected chi connectivity index (χ2v) is 7.07. The smallest absolute Gasteiger partial charge is 0.200 e. The number of unbranched alkanes of at least 4 members (excludes halogenated alkanes) is 1. The molecular formula is C17H18F16. The van der Waals surface area contributed by atoms with Crippen LogP contribution in [0, 0.1) is 0 Å². The van der Waals surface area contributed by atoms with Crippen LogP contribution in [0.2, 0.25) is 0 Å². The van der Waals surface area contributed by atoms with Gasteiger partial charge >= 0.3 is 47.4 Å². The molecule has 0 nitrogen and oxygen atoms in total. The second-order valence-electron chi connectivity index (χ2n) is 7.07. The number of allylic oxidation sites excluding steroid dienone is 2. The molecule has 0 unspecified atom stereocenters. The Kier molecular flexibility index (Phi) is 8.95. The maximum Gasteiger partial charge on any atom is 0.384 e. The van der Waals surface area contributed by atoms with E-state index in [4.69, 9.17) is 0 Å². The zero-order valence-electron chi connectivity index (χ0n) is 16.7. The predicted octanol–water partition coefficient (Wildman–Crippen LogP) is 8.62. The van der Waals surface area contributed by atoms with Crippen molar-refractivity contribution in [2.24, 2.45) is 0 Å². The monoisotopic (exact) mass is 526 g/mol. The summed E-state index contributed by atoms with van der Waals surface area (Å²) in [6.07, 6.45) is -5.79. The highest BCUT2D eigenvalue weighted by molar-refractivity contribution is 5.16. The van der Waals surface area contributed by atoms with E-state index in [0.29, 0.717) is 6.08 Å². The lowest BCUT2D eigenvalue weighted by atomic mass is 9.86. The van der Waals surface area contributed by atoms with Gasteiger partial charge in [-0.3, -0.25) is 0 Å². The van der Waals surface area contributed by atoms with Crippen LogP contribution in [0.4, 0.5) is 70.2 Å². The van der Waals surface area contributed by atoms with Gasteiger partial charge in [-0.15, -0.1) is 0 Å². The van der Waals surface area contributed by atoms with Gasteiger partial charge < -0.3 is 0 Å². The van der Waals surface area contributed by atoms with Crippen LogP contribution in [0.15, 0.2) is 12.2 Å². The molecule has 0 atom stereocenters. The third kappa shape index (κ3) is 4.76. The Balaban J connectivity index is 6.57. The summed E-state index contributed by atoms with van der Waals surface area (Å²) in [6.45, 7) is 2.16. The highest BCUT2D eigenvalue weighted by Gasteiger charge is 2.94. The Hall–Kier alpha value is -1.38. The van der Waals surface area contributed by atoms with Crippen LogP contribution < -0.4 is 0 Å². The van der Waals surface area contributed by atoms with Gasteiger partial charge in [0.1, 0.15) is 0 Å². The number of alkyl halides is 16. The van der Waals surface area contributed by atoms with Crippen LogP contribution in [0.1, 0.15) is 46.0 Å². The highest BCUT2D eigenvalue weighted by Crippen LogP contribution is 2.64. The minimum Gasteiger partial charge on any atom is -0.200 e. The fourth-order valence-corrected chi connectivity index (χ4v) is 2.39. The van der Waals surface area contributed by atoms with Crippen molar-refractivity contribution in [1.82, 2.24) is 0 Å². The first kappa shape index (κ1) is 31.6. The van der Waals surface area contributed by atoms with E-state index >= 15 is 0 Å². The van der Waals surface area contributed by atoms with E-state index in [9.17, 15) is 70.2 Å². The van der Waals surface area contributed by atoms with E-state index in [1.807, 2.05) is 0 Å². The van der Waals surface area contributed by atoms with E-state index in [2.05, 4.69) is 0 Å². The number of hydrogen-bond acceptors (Lipinski definition) is 0. The van der Waals surface area contributed by atoms with Gasteiger partial charge in [-0.05, 0) is 19.8 Å². The molecule has 16 heteroatoms. The molecule has 0 saturated carbocycles. The SMILES string of the molecule is CC=CCCC(F)(F)C(F)(F)C(F)(F)C(F)(F)C(F)(F)C(F)(F)C(F)(F)C(F)(F)CCCC. The molecule has 0 rings (SSSR count). The molecule has 0 amide bonds. The molecule has 0 saturated heterocycles. The molecule has 33 heavy (non-hydrogen) atoms. The summed E-state index contributed by atoms with van der Waals surface area (Å²) in [6, 6.07) is 0. The molecule has 198 valence electrons. The van der Waals surface area contributed by atoms with Crippen molar-refractivity contribution in [1.29, 1.82) is 0 Å². The van der Waals surface area contributed by atoms with E-state index in [-0.39, 0.29) is 0 Å².